The van der Waals surface area contributed by atoms with E-state index in [0.29, 0.717) is 5.41 Å². The van der Waals surface area contributed by atoms with Gasteiger partial charge in [0, 0.05) is 19.0 Å². The van der Waals surface area contributed by atoms with Crippen LogP contribution in [-0.2, 0) is 0 Å². The van der Waals surface area contributed by atoms with Gasteiger partial charge in [0.05, 0.1) is 6.07 Å². The summed E-state index contributed by atoms with van der Waals surface area (Å²) in [5, 5.41) is 12.3. The molecule has 0 amide bonds. The minimum absolute atomic E-state index is 0.351. The number of rotatable bonds is 8. The predicted molar refractivity (Wildman–Crippen MR) is 78.9 cm³/mol. The van der Waals surface area contributed by atoms with Crippen molar-refractivity contribution in [2.75, 3.05) is 26.7 Å². The molecule has 3 nitrogen and oxygen atoms in total. The van der Waals surface area contributed by atoms with E-state index in [1.165, 1.54) is 57.9 Å². The Hall–Kier alpha value is -0.590. The van der Waals surface area contributed by atoms with Gasteiger partial charge in [-0.2, -0.15) is 5.26 Å². The fraction of sp³-hybridized carbons (Fsp3) is 0.938. The molecule has 19 heavy (non-hydrogen) atoms. The fourth-order valence-corrected chi connectivity index (χ4v) is 3.27. The quantitative estimate of drug-likeness (QED) is 0.684. The predicted octanol–water partition coefficient (Wildman–Crippen LogP) is 2.92. The molecule has 0 aliphatic heterocycles. The Bertz CT molecular complexity index is 298. The van der Waals surface area contributed by atoms with Crippen LogP contribution in [0.4, 0.5) is 0 Å². The third-order valence-electron chi connectivity index (χ3n) is 4.97. The second kappa shape index (κ2) is 7.26. The van der Waals surface area contributed by atoms with E-state index in [4.69, 9.17) is 5.26 Å². The lowest BCUT2D eigenvalue weighted by molar-refractivity contribution is 0.189. The molecule has 2 rings (SSSR count). The lowest BCUT2D eigenvalue weighted by Gasteiger charge is -2.31. The number of hydrogen-bond donors (Lipinski definition) is 1. The van der Waals surface area contributed by atoms with E-state index in [1.807, 2.05) is 0 Å². The van der Waals surface area contributed by atoms with Crippen molar-refractivity contribution in [2.24, 2.45) is 5.41 Å². The molecule has 2 aliphatic carbocycles. The van der Waals surface area contributed by atoms with Gasteiger partial charge in [0.25, 0.3) is 0 Å². The summed E-state index contributed by atoms with van der Waals surface area (Å²) < 4.78 is 0. The van der Waals surface area contributed by atoms with E-state index >= 15 is 0 Å². The van der Waals surface area contributed by atoms with Gasteiger partial charge in [-0.15, -0.1) is 0 Å². The summed E-state index contributed by atoms with van der Waals surface area (Å²) in [6, 6.07) is 3.16. The van der Waals surface area contributed by atoms with Gasteiger partial charge in [-0.05, 0) is 57.7 Å². The van der Waals surface area contributed by atoms with Gasteiger partial charge in [0.15, 0.2) is 0 Å². The van der Waals surface area contributed by atoms with Crippen molar-refractivity contribution in [1.82, 2.24) is 10.2 Å². The maximum Gasteiger partial charge on any atom is 0.0628 e. The van der Waals surface area contributed by atoms with Crippen LogP contribution in [0, 0.1) is 16.7 Å². The highest BCUT2D eigenvalue weighted by atomic mass is 15.1. The van der Waals surface area contributed by atoms with Crippen LogP contribution in [0.2, 0.25) is 0 Å². The van der Waals surface area contributed by atoms with Crippen molar-refractivity contribution in [2.45, 2.75) is 63.8 Å². The zero-order chi connectivity index (χ0) is 13.6. The average Bonchev–Trinajstić information content (AvgIpc) is 3.19. The van der Waals surface area contributed by atoms with Crippen molar-refractivity contribution in [3.8, 4) is 6.07 Å². The highest BCUT2D eigenvalue weighted by Gasteiger charge is 2.41. The Labute approximate surface area is 118 Å². The van der Waals surface area contributed by atoms with E-state index in [0.717, 1.165) is 25.6 Å². The van der Waals surface area contributed by atoms with Crippen LogP contribution in [0.3, 0.4) is 0 Å². The second-order valence-electron chi connectivity index (χ2n) is 6.64. The summed E-state index contributed by atoms with van der Waals surface area (Å²) in [6.07, 6.45) is 11.5. The highest BCUT2D eigenvalue weighted by molar-refractivity contribution is 5.00. The highest BCUT2D eigenvalue weighted by Crippen LogP contribution is 2.47. The molecule has 2 fully saturated rings. The first-order chi connectivity index (χ1) is 9.26. The zero-order valence-electron chi connectivity index (χ0n) is 12.5. The minimum Gasteiger partial charge on any atom is -0.316 e. The lowest BCUT2D eigenvalue weighted by Crippen LogP contribution is -2.35. The third-order valence-corrected chi connectivity index (χ3v) is 4.97. The fourth-order valence-electron chi connectivity index (χ4n) is 3.27. The number of nitrogens with zero attached hydrogens (tertiary/aromatic N) is 2. The molecule has 2 saturated carbocycles. The summed E-state index contributed by atoms with van der Waals surface area (Å²) >= 11 is 0. The molecular weight excluding hydrogens is 234 g/mol. The first-order valence-electron chi connectivity index (χ1n) is 8.04. The minimum atomic E-state index is 0.351. The van der Waals surface area contributed by atoms with Gasteiger partial charge >= 0.3 is 0 Å². The molecule has 0 bridgehead atoms. The second-order valence-corrected chi connectivity index (χ2v) is 6.64. The van der Waals surface area contributed by atoms with Gasteiger partial charge in [-0.25, -0.2) is 0 Å². The van der Waals surface area contributed by atoms with Crippen molar-refractivity contribution < 1.29 is 0 Å². The van der Waals surface area contributed by atoms with Gasteiger partial charge in [-0.3, -0.25) is 0 Å². The molecule has 0 aromatic heterocycles. The monoisotopic (exact) mass is 263 g/mol. The maximum atomic E-state index is 8.78. The van der Waals surface area contributed by atoms with Gasteiger partial charge in [0.1, 0.15) is 0 Å². The Balaban J connectivity index is 1.51. The van der Waals surface area contributed by atoms with Crippen LogP contribution in [0.15, 0.2) is 0 Å². The van der Waals surface area contributed by atoms with Crippen molar-refractivity contribution in [3.63, 3.8) is 0 Å². The molecule has 2 aliphatic rings. The van der Waals surface area contributed by atoms with Crippen LogP contribution in [0.1, 0.15) is 57.8 Å². The van der Waals surface area contributed by atoms with E-state index in [9.17, 15) is 0 Å². The summed E-state index contributed by atoms with van der Waals surface area (Å²) in [5.74, 6) is 0. The summed E-state index contributed by atoms with van der Waals surface area (Å²) in [4.78, 5) is 2.56. The number of nitrogens with one attached hydrogen (secondary N) is 1. The largest absolute Gasteiger partial charge is 0.316 e. The van der Waals surface area contributed by atoms with Crippen molar-refractivity contribution >= 4 is 0 Å². The molecule has 0 spiro atoms. The third kappa shape index (κ3) is 4.78. The molecular formula is C16H29N3. The van der Waals surface area contributed by atoms with Crippen molar-refractivity contribution in [3.05, 3.63) is 0 Å². The normalized spacial score (nSPS) is 22.4. The van der Waals surface area contributed by atoms with Crippen LogP contribution < -0.4 is 5.32 Å². The maximum absolute atomic E-state index is 8.78. The molecule has 108 valence electrons. The molecule has 0 aromatic carbocycles. The topological polar surface area (TPSA) is 39.1 Å². The van der Waals surface area contributed by atoms with Crippen LogP contribution in [0.25, 0.3) is 0 Å². The number of hydrogen-bond acceptors (Lipinski definition) is 3. The average molecular weight is 263 g/mol. The molecule has 0 saturated heterocycles. The summed E-state index contributed by atoms with van der Waals surface area (Å²) in [6.45, 7) is 3.36. The Morgan fingerprint density at radius 1 is 1.26 bits per heavy atom. The smallest absolute Gasteiger partial charge is 0.0628 e. The van der Waals surface area contributed by atoms with Crippen LogP contribution in [-0.4, -0.2) is 37.6 Å². The lowest BCUT2D eigenvalue weighted by atomic mass is 9.94. The van der Waals surface area contributed by atoms with Crippen LogP contribution in [0.5, 0.6) is 0 Å². The molecule has 0 unspecified atom stereocenters. The van der Waals surface area contributed by atoms with E-state index in [1.54, 1.807) is 0 Å². The molecule has 1 N–H and O–H groups in total. The van der Waals surface area contributed by atoms with Gasteiger partial charge in [-0.1, -0.05) is 19.3 Å². The standard InChI is InChI=1S/C16H29N3/c1-19(15-6-3-2-4-7-15)13-5-12-18-14-16(8-9-16)10-11-17/h15,18H,2-10,12-14H2,1H3. The van der Waals surface area contributed by atoms with Crippen LogP contribution >= 0.6 is 0 Å². The van der Waals surface area contributed by atoms with E-state index < -0.39 is 0 Å². The van der Waals surface area contributed by atoms with E-state index in [-0.39, 0.29) is 0 Å². The molecule has 3 heteroatoms. The summed E-state index contributed by atoms with van der Waals surface area (Å²) in [5.41, 5.74) is 0.351. The summed E-state index contributed by atoms with van der Waals surface area (Å²) in [7, 11) is 2.29. The Morgan fingerprint density at radius 3 is 2.63 bits per heavy atom. The Morgan fingerprint density at radius 2 is 2.00 bits per heavy atom. The molecule has 0 aromatic rings. The first kappa shape index (κ1) is 14.8. The zero-order valence-corrected chi connectivity index (χ0v) is 12.5. The number of nitriles is 1. The molecule has 0 heterocycles. The van der Waals surface area contributed by atoms with E-state index in [2.05, 4.69) is 23.3 Å². The van der Waals surface area contributed by atoms with Crippen molar-refractivity contribution in [1.29, 1.82) is 5.26 Å². The molecule has 0 atom stereocenters. The molecule has 0 radical (unpaired) electrons. The Kier molecular flexibility index (Phi) is 5.66. The SMILES string of the molecule is CN(CCCNCC1(CC#N)CC1)C1CCCCC1. The first-order valence-corrected chi connectivity index (χ1v) is 8.04. The van der Waals surface area contributed by atoms with Gasteiger partial charge < -0.3 is 10.2 Å². The van der Waals surface area contributed by atoms with Gasteiger partial charge in [0.2, 0.25) is 0 Å².